The third-order valence-electron chi connectivity index (χ3n) is 9.53. The molecule has 49 heavy (non-hydrogen) atoms. The number of primary amides is 1. The molecule has 4 aromatic rings. The summed E-state index contributed by atoms with van der Waals surface area (Å²) in [5.74, 6) is -0.909. The lowest BCUT2D eigenvalue weighted by atomic mass is 9.57. The second kappa shape index (κ2) is 12.3. The van der Waals surface area contributed by atoms with Gasteiger partial charge in [-0.15, -0.1) is 10.2 Å². The van der Waals surface area contributed by atoms with Crippen molar-refractivity contribution >= 4 is 56.3 Å². The van der Waals surface area contributed by atoms with Crippen LogP contribution >= 0.6 is 0 Å². The number of anilines is 4. The fourth-order valence-electron chi connectivity index (χ4n) is 6.67. The molecular formula is C33H35B2N11O3. The molecule has 5 heterocycles. The van der Waals surface area contributed by atoms with Crippen molar-refractivity contribution < 1.29 is 14.4 Å². The molecule has 16 heteroatoms. The van der Waals surface area contributed by atoms with Crippen molar-refractivity contribution in [1.29, 1.82) is 0 Å². The number of carbonyl (C=O) groups excluding carboxylic acids is 3. The largest absolute Gasteiger partial charge is 0.364 e. The molecular weight excluding hydrogens is 620 g/mol. The van der Waals surface area contributed by atoms with Gasteiger partial charge in [-0.05, 0) is 42.8 Å². The van der Waals surface area contributed by atoms with Gasteiger partial charge < -0.3 is 31.5 Å². The molecule has 1 saturated carbocycles. The van der Waals surface area contributed by atoms with Crippen LogP contribution in [0, 0.1) is 5.92 Å². The SMILES string of the molecule is [B]C([B])(c1cccc(C(N)=O)n1)N1CC(n2ncc3c2[C@H](CC)N(C)c2c(Nc4cc(NC(=O)C5CC5)nnc4C(=O)NC)cccc2-3)C1. The molecule has 7 rings (SSSR count). The van der Waals surface area contributed by atoms with Crippen LogP contribution in [0.5, 0.6) is 0 Å². The molecule has 14 nitrogen and oxygen atoms in total. The Morgan fingerprint density at radius 2 is 1.80 bits per heavy atom. The molecule has 0 bridgehead atoms. The van der Waals surface area contributed by atoms with Gasteiger partial charge in [-0.3, -0.25) is 19.1 Å². The normalized spacial score (nSPS) is 17.4. The molecule has 3 amide bonds. The number of carbonyl (C=O) groups is 3. The monoisotopic (exact) mass is 655 g/mol. The average molecular weight is 655 g/mol. The lowest BCUT2D eigenvalue weighted by Crippen LogP contribution is -2.60. The average Bonchev–Trinajstić information content (AvgIpc) is 3.84. The number of aromatic nitrogens is 5. The highest BCUT2D eigenvalue weighted by Crippen LogP contribution is 2.50. The first-order chi connectivity index (χ1) is 23.5. The number of pyridine rings is 1. The van der Waals surface area contributed by atoms with Gasteiger partial charge in [0, 0.05) is 56.0 Å². The topological polar surface area (TPSA) is 176 Å². The van der Waals surface area contributed by atoms with E-state index >= 15 is 0 Å². The predicted molar refractivity (Wildman–Crippen MR) is 186 cm³/mol. The summed E-state index contributed by atoms with van der Waals surface area (Å²) in [7, 11) is 16.7. The Balaban J connectivity index is 1.19. The molecule has 246 valence electrons. The molecule has 1 saturated heterocycles. The van der Waals surface area contributed by atoms with Crippen LogP contribution in [0.2, 0.25) is 0 Å². The summed E-state index contributed by atoms with van der Waals surface area (Å²) in [4.78, 5) is 45.4. The van der Waals surface area contributed by atoms with E-state index in [1.165, 1.54) is 13.1 Å². The standard InChI is InChI=1S/C33H35B2N11O3/c1-4-24-29-20(14-38-46(29)18-15-45(16-18)33(34,35)25-10-6-9-22(40-25)30(36)47)19-7-5-8-21(28(19)44(24)3)39-23-13-26(41-31(48)17-11-12-17)42-43-27(23)32(49)37-2/h5-10,13-14,17-18,24H,4,11-12,15-16H2,1-3H3,(H2,36,47)(H,37,49)(H2,39,41,42,48)/t24-/m0/s1. The lowest BCUT2D eigenvalue weighted by Gasteiger charge is -2.50. The van der Waals surface area contributed by atoms with E-state index in [1.807, 2.05) is 30.3 Å². The minimum Gasteiger partial charge on any atom is -0.364 e. The molecule has 1 aromatic carbocycles. The highest BCUT2D eigenvalue weighted by molar-refractivity contribution is 6.39. The number of hydrogen-bond donors (Lipinski definition) is 4. The third kappa shape index (κ3) is 5.69. The van der Waals surface area contributed by atoms with Crippen molar-refractivity contribution in [2.45, 2.75) is 43.6 Å². The molecule has 1 atom stereocenters. The molecule has 4 radical (unpaired) electrons. The van der Waals surface area contributed by atoms with Gasteiger partial charge in [0.25, 0.3) is 11.8 Å². The maximum absolute atomic E-state index is 12.8. The zero-order chi connectivity index (χ0) is 34.6. The molecule has 3 aliphatic rings. The quantitative estimate of drug-likeness (QED) is 0.185. The Bertz CT molecular complexity index is 1970. The number of para-hydroxylation sites is 1. The Kier molecular flexibility index (Phi) is 8.13. The summed E-state index contributed by atoms with van der Waals surface area (Å²) < 4.78 is 2.06. The molecule has 0 spiro atoms. The fourth-order valence-corrected chi connectivity index (χ4v) is 6.67. The van der Waals surface area contributed by atoms with E-state index in [1.54, 1.807) is 18.2 Å². The van der Waals surface area contributed by atoms with Gasteiger partial charge in [-0.25, -0.2) is 4.98 Å². The van der Waals surface area contributed by atoms with Crippen molar-refractivity contribution in [3.8, 4) is 11.1 Å². The van der Waals surface area contributed by atoms with Crippen LogP contribution in [-0.4, -0.2) is 90.5 Å². The van der Waals surface area contributed by atoms with Crippen molar-refractivity contribution in [2.24, 2.45) is 11.7 Å². The number of fused-ring (bicyclic) bond motifs is 3. The number of likely N-dealkylation sites (tertiary alicyclic amines) is 1. The van der Waals surface area contributed by atoms with E-state index in [0.717, 1.165) is 47.5 Å². The van der Waals surface area contributed by atoms with Gasteiger partial charge in [0.05, 0.1) is 56.7 Å². The second-order valence-electron chi connectivity index (χ2n) is 12.7. The van der Waals surface area contributed by atoms with Crippen LogP contribution in [-0.2, 0) is 10.1 Å². The van der Waals surface area contributed by atoms with Crippen molar-refractivity contribution in [1.82, 2.24) is 35.2 Å². The van der Waals surface area contributed by atoms with Gasteiger partial charge in [-0.1, -0.05) is 25.1 Å². The van der Waals surface area contributed by atoms with Crippen molar-refractivity contribution in [2.75, 3.05) is 42.7 Å². The van der Waals surface area contributed by atoms with E-state index < -0.39 is 17.2 Å². The molecule has 3 aromatic heterocycles. The Labute approximate surface area is 286 Å². The number of benzene rings is 1. The zero-order valence-corrected chi connectivity index (χ0v) is 27.5. The van der Waals surface area contributed by atoms with E-state index in [4.69, 9.17) is 26.5 Å². The Morgan fingerprint density at radius 3 is 2.49 bits per heavy atom. The minimum atomic E-state index is -1.40. The highest BCUT2D eigenvalue weighted by atomic mass is 16.2. The van der Waals surface area contributed by atoms with Crippen molar-refractivity contribution in [3.05, 3.63) is 71.4 Å². The molecule has 2 fully saturated rings. The van der Waals surface area contributed by atoms with E-state index in [-0.39, 0.29) is 41.1 Å². The van der Waals surface area contributed by atoms with Crippen LogP contribution < -0.4 is 26.6 Å². The van der Waals surface area contributed by atoms with E-state index in [9.17, 15) is 14.4 Å². The van der Waals surface area contributed by atoms with Gasteiger partial charge in [0.1, 0.15) is 5.69 Å². The van der Waals surface area contributed by atoms with Gasteiger partial charge in [-0.2, -0.15) is 5.10 Å². The summed E-state index contributed by atoms with van der Waals surface area (Å²) in [5, 5.41) is 20.6. The summed E-state index contributed by atoms with van der Waals surface area (Å²) in [6.07, 6.45) is 4.38. The lowest BCUT2D eigenvalue weighted by molar-refractivity contribution is -0.117. The number of amides is 3. The van der Waals surface area contributed by atoms with Crippen LogP contribution in [0.25, 0.3) is 11.1 Å². The van der Waals surface area contributed by atoms with Gasteiger partial charge in [0.2, 0.25) is 5.91 Å². The molecule has 5 N–H and O–H groups in total. The Hall–Kier alpha value is -5.24. The summed E-state index contributed by atoms with van der Waals surface area (Å²) in [6, 6.07) is 12.4. The van der Waals surface area contributed by atoms with Gasteiger partial charge in [0.15, 0.2) is 11.5 Å². The first-order valence-electron chi connectivity index (χ1n) is 16.2. The first kappa shape index (κ1) is 32.3. The van der Waals surface area contributed by atoms with Gasteiger partial charge >= 0.3 is 0 Å². The van der Waals surface area contributed by atoms with Crippen LogP contribution in [0.3, 0.4) is 0 Å². The third-order valence-corrected chi connectivity index (χ3v) is 9.53. The maximum atomic E-state index is 12.8. The van der Waals surface area contributed by atoms with E-state index in [0.29, 0.717) is 24.5 Å². The first-order valence-corrected chi connectivity index (χ1v) is 16.2. The number of nitrogens with two attached hydrogens (primary N) is 1. The summed E-state index contributed by atoms with van der Waals surface area (Å²) in [6.45, 7) is 3.17. The van der Waals surface area contributed by atoms with Crippen LogP contribution in [0.15, 0.2) is 48.7 Å². The highest BCUT2D eigenvalue weighted by Gasteiger charge is 2.43. The molecule has 0 unspecified atom stereocenters. The minimum absolute atomic E-state index is 0.00198. The second-order valence-corrected chi connectivity index (χ2v) is 12.7. The summed E-state index contributed by atoms with van der Waals surface area (Å²) >= 11 is 0. The fraction of sp³-hybridized carbons (Fsp3) is 0.364. The summed E-state index contributed by atoms with van der Waals surface area (Å²) in [5.41, 5.74) is 11.1. The number of hydrogen-bond acceptors (Lipinski definition) is 10. The number of nitrogens with one attached hydrogen (secondary N) is 3. The van der Waals surface area contributed by atoms with E-state index in [2.05, 4.69) is 53.7 Å². The Morgan fingerprint density at radius 1 is 1.04 bits per heavy atom. The molecule has 1 aliphatic carbocycles. The zero-order valence-electron chi connectivity index (χ0n) is 27.5. The number of rotatable bonds is 10. The van der Waals surface area contributed by atoms with Crippen LogP contribution in [0.1, 0.15) is 70.6 Å². The maximum Gasteiger partial charge on any atom is 0.273 e. The number of nitrogens with zero attached hydrogens (tertiary/aromatic N) is 7. The smallest absolute Gasteiger partial charge is 0.273 e. The molecule has 2 aliphatic heterocycles. The predicted octanol–water partition coefficient (Wildman–Crippen LogP) is 2.19. The van der Waals surface area contributed by atoms with Crippen molar-refractivity contribution in [3.63, 3.8) is 0 Å². The van der Waals surface area contributed by atoms with Crippen LogP contribution in [0.4, 0.5) is 22.9 Å².